The number of anilines is 1. The topological polar surface area (TPSA) is 108 Å². The fraction of sp³-hybridized carbons (Fsp3) is 0.474. The number of hydrogen-bond donors (Lipinski definition) is 2. The summed E-state index contributed by atoms with van der Waals surface area (Å²) in [7, 11) is 0. The Morgan fingerprint density at radius 2 is 1.86 bits per heavy atom. The number of nitrogens with zero attached hydrogens (tertiary/aromatic N) is 2. The van der Waals surface area contributed by atoms with Gasteiger partial charge < -0.3 is 20.3 Å². The molecule has 2 aliphatic heterocycles. The number of amides is 5. The Morgan fingerprint density at radius 1 is 1.17 bits per heavy atom. The van der Waals surface area contributed by atoms with Crippen LogP contribution in [-0.2, 0) is 16.1 Å². The van der Waals surface area contributed by atoms with Gasteiger partial charge in [-0.25, -0.2) is 9.59 Å². The highest BCUT2D eigenvalue weighted by Gasteiger charge is 2.29. The summed E-state index contributed by atoms with van der Waals surface area (Å²) >= 11 is 1.01. The summed E-state index contributed by atoms with van der Waals surface area (Å²) in [6, 6.07) is 6.69. The van der Waals surface area contributed by atoms with Crippen LogP contribution < -0.4 is 10.6 Å². The largest absolute Gasteiger partial charge is 0.450 e. The Hall–Kier alpha value is -2.75. The summed E-state index contributed by atoms with van der Waals surface area (Å²) in [5.41, 5.74) is 1.43. The molecule has 0 saturated carbocycles. The average molecular weight is 420 g/mol. The van der Waals surface area contributed by atoms with Crippen molar-refractivity contribution >= 4 is 40.7 Å². The summed E-state index contributed by atoms with van der Waals surface area (Å²) in [5.74, 6) is 0.00718. The molecule has 0 unspecified atom stereocenters. The fourth-order valence-corrected chi connectivity index (χ4v) is 3.91. The number of carbonyl (C=O) groups is 4. The van der Waals surface area contributed by atoms with Crippen LogP contribution in [0.25, 0.3) is 0 Å². The number of carbonyl (C=O) groups excluding carboxylic acids is 4. The van der Waals surface area contributed by atoms with Gasteiger partial charge in [-0.3, -0.25) is 14.5 Å². The van der Waals surface area contributed by atoms with Gasteiger partial charge in [0.05, 0.1) is 18.9 Å². The minimum atomic E-state index is -0.314. The molecule has 10 heteroatoms. The van der Waals surface area contributed by atoms with Crippen molar-refractivity contribution in [3.05, 3.63) is 29.8 Å². The molecule has 2 saturated heterocycles. The van der Waals surface area contributed by atoms with E-state index in [0.717, 1.165) is 17.3 Å². The number of likely N-dealkylation sites (tertiary alicyclic amines) is 1. The van der Waals surface area contributed by atoms with E-state index in [1.807, 2.05) is 0 Å². The number of hydrogen-bond acceptors (Lipinski definition) is 6. The van der Waals surface area contributed by atoms with Crippen molar-refractivity contribution in [3.8, 4) is 0 Å². The molecule has 2 fully saturated rings. The smallest absolute Gasteiger partial charge is 0.409 e. The first-order valence-corrected chi connectivity index (χ1v) is 10.5. The van der Waals surface area contributed by atoms with Crippen LogP contribution in [0.1, 0.15) is 25.3 Å². The van der Waals surface area contributed by atoms with Crippen molar-refractivity contribution in [3.63, 3.8) is 0 Å². The lowest BCUT2D eigenvalue weighted by atomic mass is 10.1. The van der Waals surface area contributed by atoms with Gasteiger partial charge in [0.2, 0.25) is 5.91 Å². The summed E-state index contributed by atoms with van der Waals surface area (Å²) in [4.78, 5) is 50.1. The van der Waals surface area contributed by atoms with Crippen molar-refractivity contribution in [1.82, 2.24) is 15.1 Å². The quantitative estimate of drug-likeness (QED) is 0.758. The highest BCUT2D eigenvalue weighted by atomic mass is 32.2. The lowest BCUT2D eigenvalue weighted by Gasteiger charge is -2.31. The minimum Gasteiger partial charge on any atom is -0.450 e. The van der Waals surface area contributed by atoms with Crippen LogP contribution in [0.2, 0.25) is 0 Å². The zero-order valence-corrected chi connectivity index (χ0v) is 17.0. The van der Waals surface area contributed by atoms with E-state index >= 15 is 0 Å². The number of urea groups is 1. The van der Waals surface area contributed by atoms with Gasteiger partial charge in [-0.1, -0.05) is 23.9 Å². The van der Waals surface area contributed by atoms with Gasteiger partial charge in [-0.05, 0) is 37.5 Å². The van der Waals surface area contributed by atoms with Crippen molar-refractivity contribution in [2.75, 3.05) is 30.8 Å². The van der Waals surface area contributed by atoms with Crippen LogP contribution in [0.5, 0.6) is 0 Å². The monoisotopic (exact) mass is 420 g/mol. The van der Waals surface area contributed by atoms with Gasteiger partial charge in [0.25, 0.3) is 5.24 Å². The lowest BCUT2D eigenvalue weighted by Crippen LogP contribution is -2.47. The highest BCUT2D eigenvalue weighted by Crippen LogP contribution is 2.22. The lowest BCUT2D eigenvalue weighted by molar-refractivity contribution is -0.125. The van der Waals surface area contributed by atoms with Gasteiger partial charge in [-0.15, -0.1) is 0 Å². The summed E-state index contributed by atoms with van der Waals surface area (Å²) in [6.07, 6.45) is 1.02. The molecule has 1 aromatic rings. The summed E-state index contributed by atoms with van der Waals surface area (Å²) < 4.78 is 4.99. The maximum Gasteiger partial charge on any atom is 0.409 e. The molecule has 0 bridgehead atoms. The van der Waals surface area contributed by atoms with Crippen molar-refractivity contribution in [2.45, 2.75) is 32.4 Å². The molecule has 2 N–H and O–H groups in total. The number of rotatable bonds is 5. The van der Waals surface area contributed by atoms with Crippen molar-refractivity contribution in [1.29, 1.82) is 0 Å². The number of nitrogens with one attached hydrogen (secondary N) is 2. The Morgan fingerprint density at radius 3 is 2.45 bits per heavy atom. The van der Waals surface area contributed by atoms with Crippen molar-refractivity contribution in [2.24, 2.45) is 0 Å². The minimum absolute atomic E-state index is 0.00959. The van der Waals surface area contributed by atoms with Gasteiger partial charge in [0.15, 0.2) is 0 Å². The molecule has 0 radical (unpaired) electrons. The predicted octanol–water partition coefficient (Wildman–Crippen LogP) is 2.62. The first-order valence-electron chi connectivity index (χ1n) is 9.51. The summed E-state index contributed by atoms with van der Waals surface area (Å²) in [5, 5.41) is 5.46. The van der Waals surface area contributed by atoms with Crippen LogP contribution in [-0.4, -0.2) is 64.6 Å². The average Bonchev–Trinajstić information content (AvgIpc) is 3.02. The molecule has 0 aromatic heterocycles. The van der Waals surface area contributed by atoms with E-state index < -0.39 is 0 Å². The Bertz CT molecular complexity index is 761. The van der Waals surface area contributed by atoms with E-state index in [-0.39, 0.29) is 41.6 Å². The second-order valence-corrected chi connectivity index (χ2v) is 7.72. The first kappa shape index (κ1) is 21.0. The highest BCUT2D eigenvalue weighted by molar-refractivity contribution is 8.14. The maximum atomic E-state index is 12.2. The number of ether oxygens (including phenoxy) is 1. The van der Waals surface area contributed by atoms with Crippen LogP contribution in [0.15, 0.2) is 24.3 Å². The molecule has 0 aliphatic carbocycles. The molecular formula is C19H24N4O5S. The molecule has 5 amide bonds. The number of benzene rings is 1. The Kier molecular flexibility index (Phi) is 6.97. The number of thioether (sulfide) groups is 1. The Balaban J connectivity index is 1.43. The molecule has 1 aromatic carbocycles. The molecule has 0 spiro atoms. The van der Waals surface area contributed by atoms with E-state index in [1.54, 1.807) is 36.1 Å². The van der Waals surface area contributed by atoms with Crippen LogP contribution in [0.4, 0.5) is 20.1 Å². The molecule has 2 heterocycles. The normalized spacial score (nSPS) is 17.4. The van der Waals surface area contributed by atoms with E-state index in [1.165, 1.54) is 4.90 Å². The van der Waals surface area contributed by atoms with E-state index in [0.29, 0.717) is 38.2 Å². The molecular weight excluding hydrogens is 396 g/mol. The molecule has 3 rings (SSSR count). The van der Waals surface area contributed by atoms with E-state index in [2.05, 4.69) is 10.6 Å². The van der Waals surface area contributed by atoms with E-state index in [4.69, 9.17) is 4.74 Å². The first-order chi connectivity index (χ1) is 14.0. The van der Waals surface area contributed by atoms with Gasteiger partial charge >= 0.3 is 12.1 Å². The second-order valence-electron chi connectivity index (χ2n) is 6.79. The third kappa shape index (κ3) is 5.63. The van der Waals surface area contributed by atoms with Crippen LogP contribution in [0.3, 0.4) is 0 Å². The SMILES string of the molecule is CCOC(=O)N1CCC(NC(=O)Nc2ccc(CN3C(=O)CSC3=O)cc2)CC1. The van der Waals surface area contributed by atoms with Crippen LogP contribution in [0, 0.1) is 0 Å². The van der Waals surface area contributed by atoms with Crippen LogP contribution >= 0.6 is 11.8 Å². The van der Waals surface area contributed by atoms with Gasteiger partial charge in [-0.2, -0.15) is 0 Å². The predicted molar refractivity (Wildman–Crippen MR) is 109 cm³/mol. The van der Waals surface area contributed by atoms with E-state index in [9.17, 15) is 19.2 Å². The molecule has 0 atom stereocenters. The summed E-state index contributed by atoms with van der Waals surface area (Å²) in [6.45, 7) is 3.45. The molecule has 29 heavy (non-hydrogen) atoms. The van der Waals surface area contributed by atoms with Crippen molar-refractivity contribution < 1.29 is 23.9 Å². The zero-order chi connectivity index (χ0) is 20.8. The van der Waals surface area contributed by atoms with Gasteiger partial charge in [0, 0.05) is 24.8 Å². The molecule has 156 valence electrons. The Labute approximate surface area is 173 Å². The zero-order valence-electron chi connectivity index (χ0n) is 16.2. The molecule has 2 aliphatic rings. The van der Waals surface area contributed by atoms with Gasteiger partial charge in [0.1, 0.15) is 0 Å². The third-order valence-electron chi connectivity index (χ3n) is 4.75. The number of imide groups is 1. The standard InChI is InChI=1S/C19H24N4O5S/c1-2-28-18(26)22-9-7-15(8-10-22)21-17(25)20-14-5-3-13(4-6-14)11-23-16(24)12-29-19(23)27/h3-6,15H,2,7-12H2,1H3,(H2,20,21,25). The molecule has 9 nitrogen and oxygen atoms in total. The number of piperidine rings is 1. The second kappa shape index (κ2) is 9.64. The maximum absolute atomic E-state index is 12.2. The third-order valence-corrected chi connectivity index (χ3v) is 5.61. The fourth-order valence-electron chi connectivity index (χ4n) is 3.18.